The lowest BCUT2D eigenvalue weighted by molar-refractivity contribution is 0.578. The Balaban J connectivity index is 0.000000980. The van der Waals surface area contributed by atoms with Gasteiger partial charge in [0, 0.05) is 12.1 Å². The summed E-state index contributed by atoms with van der Waals surface area (Å²) >= 11 is 0. The van der Waals surface area contributed by atoms with Gasteiger partial charge in [0.15, 0.2) is 0 Å². The standard InChI is InChI=1S/C11H14FN.ClH/c12-11-4-2-1-3-10(11)8-13-7-9-5-6-9;/h1-4,9,13H,5-8H2;1H. The Morgan fingerprint density at radius 3 is 2.64 bits per heavy atom. The van der Waals surface area contributed by atoms with Crippen LogP contribution >= 0.6 is 12.4 Å². The van der Waals surface area contributed by atoms with Crippen LogP contribution in [0.2, 0.25) is 0 Å². The first-order valence-electron chi connectivity index (χ1n) is 4.80. The Hall–Kier alpha value is -0.600. The van der Waals surface area contributed by atoms with Crippen LogP contribution in [0, 0.1) is 11.7 Å². The first-order chi connectivity index (χ1) is 6.36. The van der Waals surface area contributed by atoms with E-state index in [1.807, 2.05) is 12.1 Å². The molecule has 1 aromatic rings. The maximum Gasteiger partial charge on any atom is 0.127 e. The zero-order chi connectivity index (χ0) is 9.10. The van der Waals surface area contributed by atoms with Crippen molar-refractivity contribution in [2.24, 2.45) is 5.92 Å². The summed E-state index contributed by atoms with van der Waals surface area (Å²) < 4.78 is 13.1. The fourth-order valence-corrected chi connectivity index (χ4v) is 1.37. The van der Waals surface area contributed by atoms with Gasteiger partial charge in [-0.15, -0.1) is 12.4 Å². The van der Waals surface area contributed by atoms with Crippen molar-refractivity contribution in [1.82, 2.24) is 5.32 Å². The summed E-state index contributed by atoms with van der Waals surface area (Å²) in [5, 5.41) is 3.26. The van der Waals surface area contributed by atoms with Crippen LogP contribution in [0.5, 0.6) is 0 Å². The van der Waals surface area contributed by atoms with Crippen LogP contribution in [0.3, 0.4) is 0 Å². The van der Waals surface area contributed by atoms with Gasteiger partial charge in [-0.05, 0) is 31.4 Å². The molecule has 0 spiro atoms. The van der Waals surface area contributed by atoms with Crippen molar-refractivity contribution in [3.63, 3.8) is 0 Å². The number of benzene rings is 1. The van der Waals surface area contributed by atoms with Gasteiger partial charge in [-0.25, -0.2) is 4.39 Å². The summed E-state index contributed by atoms with van der Waals surface area (Å²) in [6.45, 7) is 1.69. The molecule has 0 amide bonds. The first-order valence-corrected chi connectivity index (χ1v) is 4.80. The number of hydrogen-bond acceptors (Lipinski definition) is 1. The minimum Gasteiger partial charge on any atom is -0.312 e. The summed E-state index contributed by atoms with van der Waals surface area (Å²) in [6, 6.07) is 6.93. The Bertz CT molecular complexity index is 286. The summed E-state index contributed by atoms with van der Waals surface area (Å²) in [5.74, 6) is 0.748. The van der Waals surface area contributed by atoms with Crippen LogP contribution in [0.15, 0.2) is 24.3 Å². The second-order valence-corrected chi connectivity index (χ2v) is 3.67. The van der Waals surface area contributed by atoms with Crippen molar-refractivity contribution in [1.29, 1.82) is 0 Å². The molecule has 78 valence electrons. The Kier molecular flexibility index (Phi) is 4.36. The first kappa shape index (κ1) is 11.5. The molecule has 1 nitrogen and oxygen atoms in total. The maximum atomic E-state index is 13.1. The molecular formula is C11H15ClFN. The smallest absolute Gasteiger partial charge is 0.127 e. The van der Waals surface area contributed by atoms with Crippen LogP contribution in [0.1, 0.15) is 18.4 Å². The average molecular weight is 216 g/mol. The number of hydrogen-bond donors (Lipinski definition) is 1. The largest absolute Gasteiger partial charge is 0.312 e. The third kappa shape index (κ3) is 3.28. The lowest BCUT2D eigenvalue weighted by Gasteiger charge is -2.04. The average Bonchev–Trinajstić information content (AvgIpc) is 2.92. The molecule has 0 bridgehead atoms. The molecule has 2 rings (SSSR count). The molecule has 1 aliphatic carbocycles. The van der Waals surface area contributed by atoms with Crippen molar-refractivity contribution in [2.75, 3.05) is 6.54 Å². The zero-order valence-corrected chi connectivity index (χ0v) is 8.82. The normalized spacial score (nSPS) is 14.9. The van der Waals surface area contributed by atoms with Crippen LogP contribution < -0.4 is 5.32 Å². The molecule has 1 N–H and O–H groups in total. The van der Waals surface area contributed by atoms with E-state index in [4.69, 9.17) is 0 Å². The monoisotopic (exact) mass is 215 g/mol. The fourth-order valence-electron chi connectivity index (χ4n) is 1.37. The third-order valence-electron chi connectivity index (χ3n) is 2.40. The van der Waals surface area contributed by atoms with Gasteiger partial charge in [0.25, 0.3) is 0 Å². The van der Waals surface area contributed by atoms with Crippen LogP contribution in [0.25, 0.3) is 0 Å². The van der Waals surface area contributed by atoms with Crippen molar-refractivity contribution < 1.29 is 4.39 Å². The Morgan fingerprint density at radius 1 is 1.29 bits per heavy atom. The van der Waals surface area contributed by atoms with Crippen LogP contribution in [0.4, 0.5) is 4.39 Å². The molecule has 0 heterocycles. The van der Waals surface area contributed by atoms with Gasteiger partial charge in [-0.3, -0.25) is 0 Å². The third-order valence-corrected chi connectivity index (χ3v) is 2.40. The molecule has 0 radical (unpaired) electrons. The highest BCUT2D eigenvalue weighted by molar-refractivity contribution is 5.85. The van der Waals surface area contributed by atoms with Crippen molar-refractivity contribution >= 4 is 12.4 Å². The summed E-state index contributed by atoms with van der Waals surface area (Å²) in [5.41, 5.74) is 0.767. The quantitative estimate of drug-likeness (QED) is 0.815. The molecule has 0 atom stereocenters. The summed E-state index contributed by atoms with van der Waals surface area (Å²) in [7, 11) is 0. The molecule has 3 heteroatoms. The highest BCUT2D eigenvalue weighted by atomic mass is 35.5. The maximum absolute atomic E-state index is 13.1. The molecule has 1 aliphatic rings. The van der Waals surface area contributed by atoms with Gasteiger partial charge < -0.3 is 5.32 Å². The van der Waals surface area contributed by atoms with Gasteiger partial charge in [-0.2, -0.15) is 0 Å². The van der Waals surface area contributed by atoms with Crippen LogP contribution in [-0.4, -0.2) is 6.54 Å². The molecule has 0 aliphatic heterocycles. The van der Waals surface area contributed by atoms with E-state index in [0.29, 0.717) is 6.54 Å². The zero-order valence-electron chi connectivity index (χ0n) is 8.00. The molecular weight excluding hydrogens is 201 g/mol. The number of nitrogens with one attached hydrogen (secondary N) is 1. The lowest BCUT2D eigenvalue weighted by atomic mass is 10.2. The highest BCUT2D eigenvalue weighted by Gasteiger charge is 2.20. The molecule has 14 heavy (non-hydrogen) atoms. The topological polar surface area (TPSA) is 12.0 Å². The predicted molar refractivity (Wildman–Crippen MR) is 58.1 cm³/mol. The Labute approximate surface area is 90.1 Å². The van der Waals surface area contributed by atoms with Crippen molar-refractivity contribution in [3.8, 4) is 0 Å². The van der Waals surface area contributed by atoms with Gasteiger partial charge in [-0.1, -0.05) is 18.2 Å². The minimum atomic E-state index is -0.106. The molecule has 1 aromatic carbocycles. The van der Waals surface area contributed by atoms with E-state index in [0.717, 1.165) is 18.0 Å². The minimum absolute atomic E-state index is 0. The molecule has 1 fully saturated rings. The van der Waals surface area contributed by atoms with Gasteiger partial charge in [0.05, 0.1) is 0 Å². The molecule has 0 saturated heterocycles. The predicted octanol–water partition coefficient (Wildman–Crippen LogP) is 2.75. The van der Waals surface area contributed by atoms with Gasteiger partial charge in [0.2, 0.25) is 0 Å². The van der Waals surface area contributed by atoms with E-state index >= 15 is 0 Å². The SMILES string of the molecule is Cl.Fc1ccccc1CNCC1CC1. The van der Waals surface area contributed by atoms with E-state index in [1.165, 1.54) is 18.9 Å². The molecule has 1 saturated carbocycles. The lowest BCUT2D eigenvalue weighted by Crippen LogP contribution is -2.16. The molecule has 0 aromatic heterocycles. The van der Waals surface area contributed by atoms with Crippen LogP contribution in [-0.2, 0) is 6.54 Å². The van der Waals surface area contributed by atoms with E-state index < -0.39 is 0 Å². The van der Waals surface area contributed by atoms with Gasteiger partial charge in [0.1, 0.15) is 5.82 Å². The van der Waals surface area contributed by atoms with Crippen molar-refractivity contribution in [2.45, 2.75) is 19.4 Å². The summed E-state index contributed by atoms with van der Waals surface area (Å²) in [4.78, 5) is 0. The molecule has 0 unspecified atom stereocenters. The van der Waals surface area contributed by atoms with E-state index in [2.05, 4.69) is 5.32 Å². The summed E-state index contributed by atoms with van der Waals surface area (Å²) in [6.07, 6.45) is 2.68. The Morgan fingerprint density at radius 2 is 2.00 bits per heavy atom. The fraction of sp³-hybridized carbons (Fsp3) is 0.455. The number of rotatable bonds is 4. The highest BCUT2D eigenvalue weighted by Crippen LogP contribution is 2.27. The van der Waals surface area contributed by atoms with E-state index in [1.54, 1.807) is 6.07 Å². The second kappa shape index (κ2) is 5.32. The van der Waals surface area contributed by atoms with Crippen molar-refractivity contribution in [3.05, 3.63) is 35.6 Å². The second-order valence-electron chi connectivity index (χ2n) is 3.67. The van der Waals surface area contributed by atoms with Gasteiger partial charge >= 0.3 is 0 Å². The number of halogens is 2. The van der Waals surface area contributed by atoms with E-state index in [-0.39, 0.29) is 18.2 Å². The van der Waals surface area contributed by atoms with E-state index in [9.17, 15) is 4.39 Å².